The quantitative estimate of drug-likeness (QED) is 0.808. The second-order valence-corrected chi connectivity index (χ2v) is 5.35. The van der Waals surface area contributed by atoms with Gasteiger partial charge >= 0.3 is 6.18 Å². The number of hydrogen-bond acceptors (Lipinski definition) is 3. The predicted molar refractivity (Wildman–Crippen MR) is 59.1 cm³/mol. The number of hydrogen-bond donors (Lipinski definition) is 1. The van der Waals surface area contributed by atoms with E-state index in [0.29, 0.717) is 0 Å². The molecule has 0 saturated carbocycles. The minimum atomic E-state index is -4.57. The Balaban J connectivity index is 2.37. The van der Waals surface area contributed by atoms with Crippen LogP contribution in [0.1, 0.15) is 5.56 Å². The highest BCUT2D eigenvalue weighted by Gasteiger charge is 2.28. The number of alkyl halides is 3. The van der Waals surface area contributed by atoms with Gasteiger partial charge in [-0.25, -0.2) is 8.42 Å². The van der Waals surface area contributed by atoms with E-state index in [1.807, 2.05) is 0 Å². The predicted octanol–water partition coefficient (Wildman–Crippen LogP) is 1.64. The summed E-state index contributed by atoms with van der Waals surface area (Å²) in [5, 5.41) is 0. The Bertz CT molecular complexity index is 459. The summed E-state index contributed by atoms with van der Waals surface area (Å²) < 4.78 is 57.7. The molecule has 0 unspecified atom stereocenters. The minimum absolute atomic E-state index is 0.200. The standard InChI is InChI=1S/C10H12F3NO3S/c11-10(12,13)8-17-14-18(15,16)7-6-9-4-2-1-3-5-9/h1-5,14H,6-8H2. The fraction of sp³-hybridized carbons (Fsp3) is 0.400. The Kier molecular flexibility index (Phi) is 5.12. The van der Waals surface area contributed by atoms with Gasteiger partial charge in [0.05, 0.1) is 5.75 Å². The topological polar surface area (TPSA) is 55.4 Å². The number of benzene rings is 1. The molecule has 0 spiro atoms. The van der Waals surface area contributed by atoms with Gasteiger partial charge in [0.2, 0.25) is 10.0 Å². The summed E-state index contributed by atoms with van der Waals surface area (Å²) in [6.45, 7) is -1.66. The normalized spacial score (nSPS) is 12.6. The molecule has 1 rings (SSSR count). The van der Waals surface area contributed by atoms with Crippen LogP contribution in [0.5, 0.6) is 0 Å². The third-order valence-electron chi connectivity index (χ3n) is 1.92. The van der Waals surface area contributed by atoms with Crippen molar-refractivity contribution >= 4 is 10.0 Å². The van der Waals surface area contributed by atoms with Crippen molar-refractivity contribution in [2.75, 3.05) is 12.4 Å². The van der Waals surface area contributed by atoms with Crippen molar-refractivity contribution in [1.29, 1.82) is 0 Å². The summed E-state index contributed by atoms with van der Waals surface area (Å²) >= 11 is 0. The molecular formula is C10H12F3NO3S. The van der Waals surface area contributed by atoms with E-state index in [4.69, 9.17) is 0 Å². The Morgan fingerprint density at radius 3 is 2.33 bits per heavy atom. The molecule has 8 heteroatoms. The summed E-state index contributed by atoms with van der Waals surface area (Å²) in [4.78, 5) is 5.33. The van der Waals surface area contributed by atoms with E-state index in [-0.39, 0.29) is 12.2 Å². The zero-order chi connectivity index (χ0) is 13.6. The fourth-order valence-corrected chi connectivity index (χ4v) is 1.97. The fourth-order valence-electron chi connectivity index (χ4n) is 1.14. The van der Waals surface area contributed by atoms with Crippen LogP contribution in [-0.4, -0.2) is 27.0 Å². The number of nitrogens with one attached hydrogen (secondary N) is 1. The molecule has 1 aromatic rings. The molecule has 1 N–H and O–H groups in total. The van der Waals surface area contributed by atoms with Crippen molar-refractivity contribution in [2.45, 2.75) is 12.6 Å². The van der Waals surface area contributed by atoms with Crippen LogP contribution in [0.3, 0.4) is 0 Å². The molecule has 0 aromatic heterocycles. The third-order valence-corrected chi connectivity index (χ3v) is 3.04. The molecule has 18 heavy (non-hydrogen) atoms. The Morgan fingerprint density at radius 1 is 1.17 bits per heavy atom. The van der Waals surface area contributed by atoms with E-state index in [2.05, 4.69) is 4.84 Å². The minimum Gasteiger partial charge on any atom is -0.278 e. The molecule has 4 nitrogen and oxygen atoms in total. The van der Waals surface area contributed by atoms with Crippen LogP contribution < -0.4 is 4.89 Å². The molecule has 0 aliphatic carbocycles. The molecule has 0 atom stereocenters. The van der Waals surface area contributed by atoms with Crippen molar-refractivity contribution in [3.8, 4) is 0 Å². The van der Waals surface area contributed by atoms with Gasteiger partial charge in [-0.15, -0.1) is 0 Å². The first kappa shape index (κ1) is 14.9. The zero-order valence-corrected chi connectivity index (χ0v) is 10.1. The van der Waals surface area contributed by atoms with Crippen molar-refractivity contribution in [3.05, 3.63) is 35.9 Å². The highest BCUT2D eigenvalue weighted by molar-refractivity contribution is 7.89. The summed E-state index contributed by atoms with van der Waals surface area (Å²) in [7, 11) is -3.87. The van der Waals surface area contributed by atoms with Gasteiger partial charge in [0.15, 0.2) is 6.61 Å². The van der Waals surface area contributed by atoms with Gasteiger partial charge in [0.1, 0.15) is 0 Å². The molecular weight excluding hydrogens is 271 g/mol. The average molecular weight is 283 g/mol. The number of aryl methyl sites for hydroxylation is 1. The third kappa shape index (κ3) is 6.58. The molecule has 0 aliphatic rings. The van der Waals surface area contributed by atoms with E-state index in [0.717, 1.165) is 5.56 Å². The second-order valence-electron chi connectivity index (χ2n) is 3.54. The smallest absolute Gasteiger partial charge is 0.278 e. The van der Waals surface area contributed by atoms with E-state index in [9.17, 15) is 21.6 Å². The number of sulfonamides is 1. The van der Waals surface area contributed by atoms with E-state index in [1.54, 1.807) is 30.3 Å². The average Bonchev–Trinajstić information content (AvgIpc) is 2.26. The molecule has 0 aliphatic heterocycles. The summed E-state index contributed by atoms with van der Waals surface area (Å²) in [6.07, 6.45) is -4.37. The molecule has 1 aromatic carbocycles. The molecule has 0 amide bonds. The maximum atomic E-state index is 11.7. The molecule has 0 bridgehead atoms. The van der Waals surface area contributed by atoms with E-state index < -0.39 is 22.8 Å². The van der Waals surface area contributed by atoms with Gasteiger partial charge in [-0.05, 0) is 12.0 Å². The number of rotatable bonds is 6. The van der Waals surface area contributed by atoms with Crippen LogP contribution in [0.15, 0.2) is 30.3 Å². The Hall–Kier alpha value is -1.12. The highest BCUT2D eigenvalue weighted by Crippen LogP contribution is 2.13. The first-order valence-corrected chi connectivity index (χ1v) is 6.66. The zero-order valence-electron chi connectivity index (χ0n) is 9.27. The first-order chi connectivity index (χ1) is 8.29. The van der Waals surface area contributed by atoms with Gasteiger partial charge in [0, 0.05) is 0 Å². The van der Waals surface area contributed by atoms with Crippen molar-refractivity contribution in [1.82, 2.24) is 4.89 Å². The lowest BCUT2D eigenvalue weighted by Gasteiger charge is -2.09. The van der Waals surface area contributed by atoms with Crippen molar-refractivity contribution in [2.24, 2.45) is 0 Å². The molecule has 0 heterocycles. The molecule has 0 fully saturated rings. The van der Waals surface area contributed by atoms with E-state index in [1.165, 1.54) is 4.89 Å². The van der Waals surface area contributed by atoms with Gasteiger partial charge < -0.3 is 0 Å². The van der Waals surface area contributed by atoms with Crippen LogP contribution >= 0.6 is 0 Å². The lowest BCUT2D eigenvalue weighted by atomic mass is 10.2. The van der Waals surface area contributed by atoms with Gasteiger partial charge in [-0.3, -0.25) is 4.84 Å². The van der Waals surface area contributed by atoms with Gasteiger partial charge in [-0.1, -0.05) is 35.2 Å². The Morgan fingerprint density at radius 2 is 1.78 bits per heavy atom. The monoisotopic (exact) mass is 283 g/mol. The second kappa shape index (κ2) is 6.17. The molecule has 102 valence electrons. The Labute approximate surface area is 103 Å². The lowest BCUT2D eigenvalue weighted by molar-refractivity contribution is -0.181. The van der Waals surface area contributed by atoms with Gasteiger partial charge in [0.25, 0.3) is 0 Å². The SMILES string of the molecule is O=S(=O)(CCc1ccccc1)NOCC(F)(F)F. The van der Waals surface area contributed by atoms with Crippen LogP contribution in [0.2, 0.25) is 0 Å². The van der Waals surface area contributed by atoms with Crippen molar-refractivity contribution in [3.63, 3.8) is 0 Å². The van der Waals surface area contributed by atoms with Crippen molar-refractivity contribution < 1.29 is 26.4 Å². The van der Waals surface area contributed by atoms with Gasteiger partial charge in [-0.2, -0.15) is 13.2 Å². The van der Waals surface area contributed by atoms with Crippen LogP contribution in [0.25, 0.3) is 0 Å². The van der Waals surface area contributed by atoms with Crippen LogP contribution in [-0.2, 0) is 21.3 Å². The molecule has 0 saturated heterocycles. The summed E-state index contributed by atoms with van der Waals surface area (Å²) in [6, 6.07) is 8.73. The summed E-state index contributed by atoms with van der Waals surface area (Å²) in [5.41, 5.74) is 0.777. The lowest BCUT2D eigenvalue weighted by Crippen LogP contribution is -2.31. The summed E-state index contributed by atoms with van der Waals surface area (Å²) in [5.74, 6) is -0.338. The molecule has 0 radical (unpaired) electrons. The highest BCUT2D eigenvalue weighted by atomic mass is 32.2. The maximum Gasteiger partial charge on any atom is 0.413 e. The number of halogens is 3. The van der Waals surface area contributed by atoms with Crippen LogP contribution in [0.4, 0.5) is 13.2 Å². The van der Waals surface area contributed by atoms with E-state index >= 15 is 0 Å². The first-order valence-electron chi connectivity index (χ1n) is 5.00. The van der Waals surface area contributed by atoms with Crippen LogP contribution in [0, 0.1) is 0 Å². The largest absolute Gasteiger partial charge is 0.413 e. The maximum absolute atomic E-state index is 11.7.